The zero-order chi connectivity index (χ0) is 19.8. The average Bonchev–Trinajstić information content (AvgIpc) is 3.45. The summed E-state index contributed by atoms with van der Waals surface area (Å²) < 4.78 is 3.44. The largest absolute Gasteiger partial charge is 0.387 e. The van der Waals surface area contributed by atoms with Crippen LogP contribution in [0, 0.1) is 0 Å². The number of rotatable bonds is 5. The predicted octanol–water partition coefficient (Wildman–Crippen LogP) is 4.00. The van der Waals surface area contributed by atoms with Crippen LogP contribution in [0.3, 0.4) is 0 Å². The van der Waals surface area contributed by atoms with Gasteiger partial charge in [-0.1, -0.05) is 43.3 Å². The van der Waals surface area contributed by atoms with E-state index in [0.717, 1.165) is 23.4 Å². The van der Waals surface area contributed by atoms with Crippen LogP contribution in [0.4, 0.5) is 0 Å². The molecule has 0 bridgehead atoms. The van der Waals surface area contributed by atoms with Crippen LogP contribution < -0.4 is 0 Å². The van der Waals surface area contributed by atoms with Crippen molar-refractivity contribution in [3.05, 3.63) is 96.6 Å². The summed E-state index contributed by atoms with van der Waals surface area (Å²) in [6, 6.07) is 23.0. The van der Waals surface area contributed by atoms with Crippen molar-refractivity contribution in [3.63, 3.8) is 0 Å². The summed E-state index contributed by atoms with van der Waals surface area (Å²) in [7, 11) is 0. The van der Waals surface area contributed by atoms with Crippen molar-refractivity contribution in [2.75, 3.05) is 0 Å². The van der Waals surface area contributed by atoms with Crippen LogP contribution in [0.2, 0.25) is 0 Å². The van der Waals surface area contributed by atoms with Crippen LogP contribution in [-0.4, -0.2) is 31.0 Å². The van der Waals surface area contributed by atoms with E-state index < -0.39 is 6.10 Å². The Morgan fingerprint density at radius 3 is 1.89 bits per heavy atom. The minimum absolute atomic E-state index is 0.448. The lowest BCUT2D eigenvalue weighted by molar-refractivity contribution is 0.111. The summed E-state index contributed by atoms with van der Waals surface area (Å²) in [5.74, 6) is 0. The van der Waals surface area contributed by atoms with Crippen molar-refractivity contribution in [2.45, 2.75) is 19.4 Å². The zero-order valence-corrected chi connectivity index (χ0v) is 15.6. The molecule has 2 heterocycles. The number of nitrogens with zero attached hydrogens (tertiary/aromatic N) is 4. The minimum atomic E-state index is -0.463. The number of carbonyl (C=O) groups excluding carboxylic acids is 1. The van der Waals surface area contributed by atoms with Gasteiger partial charge in [-0.2, -0.15) is 10.2 Å². The first-order chi connectivity index (χ1) is 13.7. The van der Waals surface area contributed by atoms with E-state index in [0.29, 0.717) is 12.1 Å². The van der Waals surface area contributed by atoms with Crippen molar-refractivity contribution >= 4 is 6.29 Å². The van der Waals surface area contributed by atoms with Crippen molar-refractivity contribution in [2.24, 2.45) is 0 Å². The van der Waals surface area contributed by atoms with E-state index in [1.165, 1.54) is 0 Å². The van der Waals surface area contributed by atoms with Gasteiger partial charge < -0.3 is 5.11 Å². The molecule has 0 fully saturated rings. The van der Waals surface area contributed by atoms with Gasteiger partial charge in [0.05, 0.1) is 23.2 Å². The highest BCUT2D eigenvalue weighted by molar-refractivity contribution is 5.71. The topological polar surface area (TPSA) is 72.9 Å². The molecule has 0 saturated carbocycles. The Kier molecular flexibility index (Phi) is 6.49. The highest BCUT2D eigenvalue weighted by atomic mass is 16.3. The first-order valence-electron chi connectivity index (χ1n) is 9.06. The second-order valence-electron chi connectivity index (χ2n) is 6.08. The normalized spacial score (nSPS) is 11.4. The molecular formula is C22H22N4O2. The van der Waals surface area contributed by atoms with Crippen LogP contribution in [0.5, 0.6) is 0 Å². The van der Waals surface area contributed by atoms with Gasteiger partial charge in [-0.15, -0.1) is 0 Å². The maximum Gasteiger partial charge on any atom is 0.170 e. The highest BCUT2D eigenvalue weighted by Gasteiger charge is 2.08. The van der Waals surface area contributed by atoms with Crippen molar-refractivity contribution < 1.29 is 9.90 Å². The molecule has 0 amide bonds. The van der Waals surface area contributed by atoms with E-state index in [-0.39, 0.29) is 0 Å². The molecule has 142 valence electrons. The number of aromatic nitrogens is 4. The number of aldehydes is 1. The quantitative estimate of drug-likeness (QED) is 0.536. The minimum Gasteiger partial charge on any atom is -0.387 e. The second-order valence-corrected chi connectivity index (χ2v) is 6.08. The van der Waals surface area contributed by atoms with Crippen LogP contribution in [0.1, 0.15) is 35.6 Å². The molecule has 6 heteroatoms. The number of aliphatic hydroxyl groups excluding tert-OH is 1. The summed E-state index contributed by atoms with van der Waals surface area (Å²) in [5, 5.41) is 18.0. The number of benzene rings is 2. The molecule has 0 saturated heterocycles. The molecule has 1 unspecified atom stereocenters. The summed E-state index contributed by atoms with van der Waals surface area (Å²) in [5.41, 5.74) is 3.13. The van der Waals surface area contributed by atoms with E-state index in [4.69, 9.17) is 0 Å². The van der Waals surface area contributed by atoms with Crippen LogP contribution in [0.25, 0.3) is 11.4 Å². The first-order valence-corrected chi connectivity index (χ1v) is 9.06. The zero-order valence-electron chi connectivity index (χ0n) is 15.6. The summed E-state index contributed by atoms with van der Waals surface area (Å²) >= 11 is 0. The van der Waals surface area contributed by atoms with E-state index in [9.17, 15) is 9.90 Å². The smallest absolute Gasteiger partial charge is 0.170 e. The molecule has 6 nitrogen and oxygen atoms in total. The van der Waals surface area contributed by atoms with E-state index >= 15 is 0 Å². The highest BCUT2D eigenvalue weighted by Crippen LogP contribution is 2.15. The molecule has 0 radical (unpaired) electrons. The maximum atomic E-state index is 10.4. The van der Waals surface area contributed by atoms with Crippen molar-refractivity contribution in [1.82, 2.24) is 19.6 Å². The van der Waals surface area contributed by atoms with Gasteiger partial charge in [0.1, 0.15) is 5.69 Å². The Morgan fingerprint density at radius 1 is 0.857 bits per heavy atom. The molecule has 1 N–H and O–H groups in total. The van der Waals surface area contributed by atoms with E-state index in [1.807, 2.05) is 79.9 Å². The molecule has 0 aliphatic carbocycles. The van der Waals surface area contributed by atoms with Gasteiger partial charge in [-0.3, -0.25) is 4.79 Å². The van der Waals surface area contributed by atoms with Crippen LogP contribution in [-0.2, 0) is 0 Å². The van der Waals surface area contributed by atoms with Gasteiger partial charge in [-0.25, -0.2) is 9.36 Å². The van der Waals surface area contributed by atoms with Gasteiger partial charge in [0.15, 0.2) is 6.29 Å². The summed E-state index contributed by atoms with van der Waals surface area (Å²) in [6.07, 6.45) is 4.59. The molecule has 2 aromatic carbocycles. The van der Waals surface area contributed by atoms with Crippen LogP contribution in [0.15, 0.2) is 85.2 Å². The lowest BCUT2D eigenvalue weighted by atomic mass is 10.2. The van der Waals surface area contributed by atoms with Gasteiger partial charge in [0.2, 0.25) is 0 Å². The third-order valence-corrected chi connectivity index (χ3v) is 4.11. The molecule has 0 aliphatic heterocycles. The Morgan fingerprint density at radius 2 is 1.39 bits per heavy atom. The number of para-hydroxylation sites is 2. The Hall–Kier alpha value is -3.51. The molecule has 0 spiro atoms. The predicted molar refractivity (Wildman–Crippen MR) is 108 cm³/mol. The SMILES string of the molecule is CCC(O)c1ccn(-c2ccccc2)n1.O=Cc1ccn(-c2ccccc2)n1. The lowest BCUT2D eigenvalue weighted by Crippen LogP contribution is -1.99. The fraction of sp³-hybridized carbons (Fsp3) is 0.136. The number of aliphatic hydroxyl groups is 1. The molecule has 1 atom stereocenters. The Balaban J connectivity index is 0.000000162. The fourth-order valence-electron chi connectivity index (χ4n) is 2.57. The van der Waals surface area contributed by atoms with Crippen molar-refractivity contribution in [1.29, 1.82) is 0 Å². The monoisotopic (exact) mass is 374 g/mol. The van der Waals surface area contributed by atoms with Gasteiger partial charge in [0.25, 0.3) is 0 Å². The molecule has 0 aliphatic rings. The van der Waals surface area contributed by atoms with Gasteiger partial charge in [0, 0.05) is 12.4 Å². The lowest BCUT2D eigenvalue weighted by Gasteiger charge is -2.03. The third kappa shape index (κ3) is 4.81. The summed E-state index contributed by atoms with van der Waals surface area (Å²) in [4.78, 5) is 10.4. The van der Waals surface area contributed by atoms with E-state index in [1.54, 1.807) is 21.6 Å². The number of hydrogen-bond acceptors (Lipinski definition) is 4. The van der Waals surface area contributed by atoms with Gasteiger partial charge >= 0.3 is 0 Å². The average molecular weight is 374 g/mol. The Bertz CT molecular complexity index is 994. The fourth-order valence-corrected chi connectivity index (χ4v) is 2.57. The van der Waals surface area contributed by atoms with Gasteiger partial charge in [-0.05, 0) is 42.8 Å². The molecule has 4 aromatic rings. The summed E-state index contributed by atoms with van der Waals surface area (Å²) in [6.45, 7) is 1.94. The van der Waals surface area contributed by atoms with Crippen LogP contribution >= 0.6 is 0 Å². The molecule has 2 aromatic heterocycles. The van der Waals surface area contributed by atoms with E-state index in [2.05, 4.69) is 10.2 Å². The second kappa shape index (κ2) is 9.43. The maximum absolute atomic E-state index is 10.4. The van der Waals surface area contributed by atoms with Crippen molar-refractivity contribution in [3.8, 4) is 11.4 Å². The molecular weight excluding hydrogens is 352 g/mol. The number of carbonyl (C=O) groups is 1. The third-order valence-electron chi connectivity index (χ3n) is 4.11. The standard InChI is InChI=1S/C12H14N2O.C10H8N2O/c1-2-12(15)11-8-9-14(13-11)10-6-4-3-5-7-10;13-8-9-6-7-12(11-9)10-4-2-1-3-5-10/h3-9,12,15H,2H2,1H3;1-8H. The molecule has 4 rings (SSSR count). The number of hydrogen-bond donors (Lipinski definition) is 1. The molecule has 28 heavy (non-hydrogen) atoms. The Labute approximate surface area is 163 Å². The first kappa shape index (κ1) is 19.3.